The van der Waals surface area contributed by atoms with Crippen LogP contribution in [0, 0.1) is 0 Å². The highest BCUT2D eigenvalue weighted by atomic mass is 16.2. The average molecular weight is 240 g/mol. The van der Waals surface area contributed by atoms with E-state index in [9.17, 15) is 9.59 Å². The van der Waals surface area contributed by atoms with Crippen molar-refractivity contribution < 1.29 is 9.59 Å². The summed E-state index contributed by atoms with van der Waals surface area (Å²) in [6, 6.07) is 0.314. The van der Waals surface area contributed by atoms with Crippen LogP contribution < -0.4 is 10.6 Å². The van der Waals surface area contributed by atoms with Crippen molar-refractivity contribution in [1.29, 1.82) is 0 Å². The molecule has 0 unspecified atom stereocenters. The second-order valence-corrected chi connectivity index (χ2v) is 4.55. The molecule has 0 aromatic rings. The molecule has 2 saturated heterocycles. The molecule has 0 aromatic heterocycles. The van der Waals surface area contributed by atoms with E-state index in [4.69, 9.17) is 0 Å². The van der Waals surface area contributed by atoms with Crippen LogP contribution in [-0.2, 0) is 4.79 Å². The maximum absolute atomic E-state index is 11.4. The molecule has 0 radical (unpaired) electrons. The molecule has 2 heterocycles. The Morgan fingerprint density at radius 1 is 1.35 bits per heavy atom. The van der Waals surface area contributed by atoms with Gasteiger partial charge >= 0.3 is 6.03 Å². The topological polar surface area (TPSA) is 64.7 Å². The van der Waals surface area contributed by atoms with Gasteiger partial charge in [0, 0.05) is 32.2 Å². The Bertz CT molecular complexity index is 288. The minimum atomic E-state index is -0.252. The van der Waals surface area contributed by atoms with Crippen molar-refractivity contribution in [3.05, 3.63) is 0 Å². The molecule has 0 aliphatic carbocycles. The third kappa shape index (κ3) is 2.76. The number of imide groups is 1. The predicted molar refractivity (Wildman–Crippen MR) is 63.6 cm³/mol. The minimum Gasteiger partial charge on any atom is -0.329 e. The molecular formula is C11H20N4O2. The van der Waals surface area contributed by atoms with Crippen LogP contribution in [0.3, 0.4) is 0 Å². The molecule has 6 nitrogen and oxygen atoms in total. The lowest BCUT2D eigenvalue weighted by Crippen LogP contribution is -2.58. The van der Waals surface area contributed by atoms with Gasteiger partial charge in [-0.25, -0.2) is 4.79 Å². The van der Waals surface area contributed by atoms with Gasteiger partial charge in [-0.15, -0.1) is 0 Å². The molecule has 3 amide bonds. The van der Waals surface area contributed by atoms with Crippen molar-refractivity contribution in [2.24, 2.45) is 0 Å². The number of rotatable bonds is 6. The van der Waals surface area contributed by atoms with Crippen LogP contribution in [0.15, 0.2) is 0 Å². The highest BCUT2D eigenvalue weighted by Crippen LogP contribution is 2.07. The van der Waals surface area contributed by atoms with Crippen LogP contribution in [0.4, 0.5) is 4.79 Å². The van der Waals surface area contributed by atoms with E-state index in [0.29, 0.717) is 12.6 Å². The summed E-state index contributed by atoms with van der Waals surface area (Å²) in [5.41, 5.74) is 0. The molecular weight excluding hydrogens is 220 g/mol. The van der Waals surface area contributed by atoms with E-state index < -0.39 is 0 Å². The fourth-order valence-corrected chi connectivity index (χ4v) is 2.21. The van der Waals surface area contributed by atoms with Crippen LogP contribution in [0.25, 0.3) is 0 Å². The zero-order valence-electron chi connectivity index (χ0n) is 10.2. The molecule has 2 fully saturated rings. The first kappa shape index (κ1) is 12.3. The fourth-order valence-electron chi connectivity index (χ4n) is 2.21. The Hall–Kier alpha value is -1.14. The largest absolute Gasteiger partial charge is 0.329 e. The summed E-state index contributed by atoms with van der Waals surface area (Å²) in [4.78, 5) is 26.5. The van der Waals surface area contributed by atoms with Crippen LogP contribution in [-0.4, -0.2) is 67.0 Å². The molecule has 2 N–H and O–H groups in total. The Balaban J connectivity index is 1.81. The zero-order chi connectivity index (χ0) is 12.3. The quantitative estimate of drug-likeness (QED) is 0.598. The normalized spacial score (nSPS) is 20.9. The summed E-state index contributed by atoms with van der Waals surface area (Å²) >= 11 is 0. The Kier molecular flexibility index (Phi) is 3.96. The first-order valence-corrected chi connectivity index (χ1v) is 6.25. The fraction of sp³-hybridized carbons (Fsp3) is 0.818. The molecule has 2 aliphatic heterocycles. The molecule has 2 rings (SSSR count). The number of hydrogen-bond donors (Lipinski definition) is 2. The van der Waals surface area contributed by atoms with Gasteiger partial charge in [0.2, 0.25) is 5.91 Å². The molecule has 2 aliphatic rings. The zero-order valence-corrected chi connectivity index (χ0v) is 10.2. The number of amides is 3. The average Bonchev–Trinajstić information content (AvgIpc) is 2.53. The lowest BCUT2D eigenvalue weighted by Gasteiger charge is -2.38. The van der Waals surface area contributed by atoms with Gasteiger partial charge in [0.25, 0.3) is 0 Å². The van der Waals surface area contributed by atoms with Gasteiger partial charge in [-0.2, -0.15) is 0 Å². The molecule has 0 aromatic carbocycles. The third-order valence-corrected chi connectivity index (χ3v) is 3.34. The Morgan fingerprint density at radius 2 is 2.12 bits per heavy atom. The SMILES string of the molecule is CCCN(CCN1C(=O)CNC1=O)C1CNC1. The van der Waals surface area contributed by atoms with E-state index in [1.54, 1.807) is 0 Å². The number of nitrogens with zero attached hydrogens (tertiary/aromatic N) is 2. The summed E-state index contributed by atoms with van der Waals surface area (Å²) in [6.07, 6.45) is 1.09. The Labute approximate surface area is 101 Å². The van der Waals surface area contributed by atoms with Crippen molar-refractivity contribution >= 4 is 11.9 Å². The molecule has 96 valence electrons. The van der Waals surface area contributed by atoms with Gasteiger partial charge in [0.1, 0.15) is 0 Å². The number of hydrogen-bond acceptors (Lipinski definition) is 4. The summed E-state index contributed by atoms with van der Waals surface area (Å²) in [7, 11) is 0. The van der Waals surface area contributed by atoms with E-state index in [1.807, 2.05) is 0 Å². The van der Waals surface area contributed by atoms with Gasteiger partial charge in [-0.05, 0) is 13.0 Å². The lowest BCUT2D eigenvalue weighted by molar-refractivity contribution is -0.125. The maximum atomic E-state index is 11.4. The van der Waals surface area contributed by atoms with Crippen molar-refractivity contribution in [2.45, 2.75) is 19.4 Å². The van der Waals surface area contributed by atoms with Gasteiger partial charge in [-0.3, -0.25) is 14.6 Å². The van der Waals surface area contributed by atoms with E-state index in [0.717, 1.165) is 32.6 Å². The number of nitrogens with one attached hydrogen (secondary N) is 2. The first-order chi connectivity index (χ1) is 8.22. The van der Waals surface area contributed by atoms with Crippen molar-refractivity contribution in [1.82, 2.24) is 20.4 Å². The molecule has 17 heavy (non-hydrogen) atoms. The minimum absolute atomic E-state index is 0.113. The van der Waals surface area contributed by atoms with E-state index >= 15 is 0 Å². The van der Waals surface area contributed by atoms with Crippen LogP contribution in [0.2, 0.25) is 0 Å². The molecule has 6 heteroatoms. The van der Waals surface area contributed by atoms with Crippen molar-refractivity contribution in [2.75, 3.05) is 39.3 Å². The second-order valence-electron chi connectivity index (χ2n) is 4.55. The number of urea groups is 1. The molecule has 0 saturated carbocycles. The first-order valence-electron chi connectivity index (χ1n) is 6.25. The van der Waals surface area contributed by atoms with E-state index in [-0.39, 0.29) is 18.5 Å². The molecule has 0 spiro atoms. The lowest BCUT2D eigenvalue weighted by atomic mass is 10.1. The third-order valence-electron chi connectivity index (χ3n) is 3.34. The summed E-state index contributed by atoms with van der Waals surface area (Å²) in [6.45, 7) is 6.63. The van der Waals surface area contributed by atoms with Gasteiger partial charge in [-0.1, -0.05) is 6.92 Å². The standard InChI is InChI=1S/C11H20N4O2/c1-2-3-14(9-6-12-7-9)4-5-15-10(16)8-13-11(15)17/h9,12H,2-8H2,1H3,(H,13,17). The van der Waals surface area contributed by atoms with E-state index in [2.05, 4.69) is 22.5 Å². The summed E-state index contributed by atoms with van der Waals surface area (Å²) in [5.74, 6) is -0.113. The molecule has 0 bridgehead atoms. The van der Waals surface area contributed by atoms with Gasteiger partial charge < -0.3 is 10.6 Å². The molecule has 0 atom stereocenters. The smallest absolute Gasteiger partial charge is 0.324 e. The highest BCUT2D eigenvalue weighted by molar-refractivity contribution is 6.01. The number of carbonyl (C=O) groups is 2. The summed E-state index contributed by atoms with van der Waals surface area (Å²) < 4.78 is 0. The second kappa shape index (κ2) is 5.46. The van der Waals surface area contributed by atoms with Crippen molar-refractivity contribution in [3.8, 4) is 0 Å². The van der Waals surface area contributed by atoms with Crippen LogP contribution >= 0.6 is 0 Å². The Morgan fingerprint density at radius 3 is 2.59 bits per heavy atom. The van der Waals surface area contributed by atoms with Crippen LogP contribution in [0.1, 0.15) is 13.3 Å². The highest BCUT2D eigenvalue weighted by Gasteiger charge is 2.30. The predicted octanol–water partition coefficient (Wildman–Crippen LogP) is -0.778. The van der Waals surface area contributed by atoms with Gasteiger partial charge in [0.15, 0.2) is 0 Å². The van der Waals surface area contributed by atoms with Gasteiger partial charge in [0.05, 0.1) is 6.54 Å². The van der Waals surface area contributed by atoms with Crippen LogP contribution in [0.5, 0.6) is 0 Å². The van der Waals surface area contributed by atoms with Crippen molar-refractivity contribution in [3.63, 3.8) is 0 Å². The summed E-state index contributed by atoms with van der Waals surface area (Å²) in [5, 5.41) is 5.78. The number of carbonyl (C=O) groups excluding carboxylic acids is 2. The van der Waals surface area contributed by atoms with E-state index in [1.165, 1.54) is 4.90 Å². The maximum Gasteiger partial charge on any atom is 0.324 e. The monoisotopic (exact) mass is 240 g/mol.